The van der Waals surface area contributed by atoms with Crippen LogP contribution in [-0.4, -0.2) is 34.9 Å². The van der Waals surface area contributed by atoms with Crippen LogP contribution in [0.2, 0.25) is 0 Å². The molecule has 0 aliphatic carbocycles. The fourth-order valence-corrected chi connectivity index (χ4v) is 2.91. The molecule has 1 aromatic carbocycles. The Kier molecular flexibility index (Phi) is 3.92. The SMILES string of the molecule is CCC(=O)N1CCC(Nc2c(C#N)cnc3ccccc23)C1. The van der Waals surface area contributed by atoms with Gasteiger partial charge < -0.3 is 10.2 Å². The lowest BCUT2D eigenvalue weighted by Crippen LogP contribution is -2.31. The minimum absolute atomic E-state index is 0.174. The molecule has 1 saturated heterocycles. The number of nitrogens with zero attached hydrogens (tertiary/aromatic N) is 3. The summed E-state index contributed by atoms with van der Waals surface area (Å²) in [5, 5.41) is 13.7. The number of fused-ring (bicyclic) bond motifs is 1. The predicted octanol–water partition coefficient (Wildman–Crippen LogP) is 2.53. The van der Waals surface area contributed by atoms with Gasteiger partial charge in [-0.15, -0.1) is 0 Å². The molecule has 3 rings (SSSR count). The molecule has 22 heavy (non-hydrogen) atoms. The van der Waals surface area contributed by atoms with E-state index in [2.05, 4.69) is 16.4 Å². The Hall–Kier alpha value is -2.61. The first kappa shape index (κ1) is 14.3. The molecule has 1 aliphatic rings. The molecule has 0 spiro atoms. The lowest BCUT2D eigenvalue weighted by atomic mass is 10.1. The maximum absolute atomic E-state index is 11.8. The topological polar surface area (TPSA) is 69.0 Å². The number of nitrogens with one attached hydrogen (secondary N) is 1. The minimum atomic E-state index is 0.174. The van der Waals surface area contributed by atoms with E-state index in [-0.39, 0.29) is 11.9 Å². The van der Waals surface area contributed by atoms with Crippen molar-refractivity contribution in [3.05, 3.63) is 36.0 Å². The van der Waals surface area contributed by atoms with Gasteiger partial charge in [0.05, 0.1) is 16.8 Å². The van der Waals surface area contributed by atoms with E-state index < -0.39 is 0 Å². The van der Waals surface area contributed by atoms with Crippen LogP contribution in [0.25, 0.3) is 10.9 Å². The highest BCUT2D eigenvalue weighted by Crippen LogP contribution is 2.27. The molecule has 1 unspecified atom stereocenters. The number of amides is 1. The third-order valence-corrected chi connectivity index (χ3v) is 4.09. The van der Waals surface area contributed by atoms with Gasteiger partial charge in [0.15, 0.2) is 0 Å². The van der Waals surface area contributed by atoms with Crippen LogP contribution in [0.3, 0.4) is 0 Å². The molecule has 1 N–H and O–H groups in total. The van der Waals surface area contributed by atoms with Crippen LogP contribution >= 0.6 is 0 Å². The quantitative estimate of drug-likeness (QED) is 0.944. The van der Waals surface area contributed by atoms with Crippen LogP contribution in [0, 0.1) is 11.3 Å². The van der Waals surface area contributed by atoms with Gasteiger partial charge in [0, 0.05) is 37.1 Å². The van der Waals surface area contributed by atoms with Gasteiger partial charge in [-0.3, -0.25) is 9.78 Å². The molecule has 1 atom stereocenters. The van der Waals surface area contributed by atoms with E-state index in [0.29, 0.717) is 18.5 Å². The van der Waals surface area contributed by atoms with E-state index in [1.165, 1.54) is 0 Å². The molecule has 1 fully saturated rings. The van der Waals surface area contributed by atoms with Gasteiger partial charge in [-0.1, -0.05) is 25.1 Å². The zero-order valence-corrected chi connectivity index (χ0v) is 12.5. The summed E-state index contributed by atoms with van der Waals surface area (Å²) in [4.78, 5) is 18.0. The maximum Gasteiger partial charge on any atom is 0.222 e. The molecule has 2 heterocycles. The Morgan fingerprint density at radius 3 is 3.09 bits per heavy atom. The highest BCUT2D eigenvalue weighted by Gasteiger charge is 2.26. The van der Waals surface area contributed by atoms with E-state index in [0.717, 1.165) is 29.6 Å². The van der Waals surface area contributed by atoms with Crippen molar-refractivity contribution >= 4 is 22.5 Å². The van der Waals surface area contributed by atoms with Crippen molar-refractivity contribution in [2.24, 2.45) is 0 Å². The van der Waals surface area contributed by atoms with Crippen molar-refractivity contribution in [3.8, 4) is 6.07 Å². The molecule has 1 aliphatic heterocycles. The van der Waals surface area contributed by atoms with Crippen LogP contribution < -0.4 is 5.32 Å². The van der Waals surface area contributed by atoms with Crippen LogP contribution in [0.15, 0.2) is 30.5 Å². The van der Waals surface area contributed by atoms with Gasteiger partial charge >= 0.3 is 0 Å². The van der Waals surface area contributed by atoms with Gasteiger partial charge in [0.1, 0.15) is 6.07 Å². The standard InChI is InChI=1S/C17H18N4O/c1-2-16(22)21-8-7-13(11-21)20-17-12(9-18)10-19-15-6-4-3-5-14(15)17/h3-6,10,13H,2,7-8,11H2,1H3,(H,19,20). The molecule has 0 bridgehead atoms. The first-order valence-corrected chi connectivity index (χ1v) is 7.55. The van der Waals surface area contributed by atoms with E-state index in [4.69, 9.17) is 0 Å². The molecule has 5 nitrogen and oxygen atoms in total. The summed E-state index contributed by atoms with van der Waals surface area (Å²) in [5.74, 6) is 0.185. The van der Waals surface area contributed by atoms with Crippen molar-refractivity contribution in [2.75, 3.05) is 18.4 Å². The lowest BCUT2D eigenvalue weighted by Gasteiger charge is -2.18. The Labute approximate surface area is 129 Å². The molecule has 5 heteroatoms. The molecule has 0 radical (unpaired) electrons. The Bertz CT molecular complexity index is 750. The predicted molar refractivity (Wildman–Crippen MR) is 85.4 cm³/mol. The fourth-order valence-electron chi connectivity index (χ4n) is 2.91. The van der Waals surface area contributed by atoms with Crippen LogP contribution in [0.4, 0.5) is 5.69 Å². The molecule has 2 aromatic rings. The molecule has 1 amide bonds. The highest BCUT2D eigenvalue weighted by atomic mass is 16.2. The van der Waals surface area contributed by atoms with Crippen LogP contribution in [0.1, 0.15) is 25.3 Å². The number of aromatic nitrogens is 1. The number of hydrogen-bond donors (Lipinski definition) is 1. The number of likely N-dealkylation sites (tertiary alicyclic amines) is 1. The minimum Gasteiger partial charge on any atom is -0.379 e. The second kappa shape index (κ2) is 6.02. The summed E-state index contributed by atoms with van der Waals surface area (Å²) < 4.78 is 0. The Morgan fingerprint density at radius 1 is 1.50 bits per heavy atom. The number of carbonyl (C=O) groups is 1. The number of pyridine rings is 1. The maximum atomic E-state index is 11.8. The fraction of sp³-hybridized carbons (Fsp3) is 0.353. The zero-order chi connectivity index (χ0) is 15.5. The summed E-state index contributed by atoms with van der Waals surface area (Å²) in [6.07, 6.45) is 3.04. The van der Waals surface area contributed by atoms with Gasteiger partial charge in [0.2, 0.25) is 5.91 Å². The Balaban J connectivity index is 1.88. The number of carbonyl (C=O) groups excluding carboxylic acids is 1. The second-order valence-corrected chi connectivity index (χ2v) is 5.50. The van der Waals surface area contributed by atoms with Gasteiger partial charge in [-0.05, 0) is 12.5 Å². The summed E-state index contributed by atoms with van der Waals surface area (Å²) in [5.41, 5.74) is 2.23. The normalized spacial score (nSPS) is 17.5. The number of anilines is 1. The van der Waals surface area contributed by atoms with Crippen LogP contribution in [0.5, 0.6) is 0 Å². The molecule has 112 valence electrons. The monoisotopic (exact) mass is 294 g/mol. The lowest BCUT2D eigenvalue weighted by molar-refractivity contribution is -0.129. The highest BCUT2D eigenvalue weighted by molar-refractivity contribution is 5.94. The largest absolute Gasteiger partial charge is 0.379 e. The van der Waals surface area contributed by atoms with Crippen molar-refractivity contribution in [1.82, 2.24) is 9.88 Å². The summed E-state index contributed by atoms with van der Waals surface area (Å²) in [6.45, 7) is 3.34. The molecule has 0 saturated carbocycles. The van der Waals surface area contributed by atoms with Crippen LogP contribution in [-0.2, 0) is 4.79 Å². The van der Waals surface area contributed by atoms with Gasteiger partial charge in [-0.25, -0.2) is 0 Å². The molecular weight excluding hydrogens is 276 g/mol. The third kappa shape index (κ3) is 2.60. The second-order valence-electron chi connectivity index (χ2n) is 5.50. The first-order valence-electron chi connectivity index (χ1n) is 7.55. The van der Waals surface area contributed by atoms with Crippen molar-refractivity contribution < 1.29 is 4.79 Å². The van der Waals surface area contributed by atoms with E-state index in [1.54, 1.807) is 6.20 Å². The van der Waals surface area contributed by atoms with E-state index in [1.807, 2.05) is 36.1 Å². The smallest absolute Gasteiger partial charge is 0.222 e. The number of nitriles is 1. The van der Waals surface area contributed by atoms with Gasteiger partial charge in [-0.2, -0.15) is 5.26 Å². The van der Waals surface area contributed by atoms with Crippen molar-refractivity contribution in [1.29, 1.82) is 5.26 Å². The zero-order valence-electron chi connectivity index (χ0n) is 12.5. The number of benzene rings is 1. The number of rotatable bonds is 3. The van der Waals surface area contributed by atoms with Crippen molar-refractivity contribution in [2.45, 2.75) is 25.8 Å². The Morgan fingerprint density at radius 2 is 2.32 bits per heavy atom. The number of para-hydroxylation sites is 1. The molecule has 1 aromatic heterocycles. The van der Waals surface area contributed by atoms with Crippen molar-refractivity contribution in [3.63, 3.8) is 0 Å². The summed E-state index contributed by atoms with van der Waals surface area (Å²) >= 11 is 0. The average molecular weight is 294 g/mol. The van der Waals surface area contributed by atoms with Gasteiger partial charge in [0.25, 0.3) is 0 Å². The first-order chi connectivity index (χ1) is 10.7. The van der Waals surface area contributed by atoms with E-state index >= 15 is 0 Å². The number of hydrogen-bond acceptors (Lipinski definition) is 4. The summed E-state index contributed by atoms with van der Waals surface area (Å²) in [7, 11) is 0. The average Bonchev–Trinajstić information content (AvgIpc) is 3.03. The molecular formula is C17H18N4O. The summed E-state index contributed by atoms with van der Waals surface area (Å²) in [6, 6.07) is 10.2. The van der Waals surface area contributed by atoms with E-state index in [9.17, 15) is 10.1 Å². The third-order valence-electron chi connectivity index (χ3n) is 4.09.